The topological polar surface area (TPSA) is 17.4 Å². The van der Waals surface area contributed by atoms with Crippen molar-refractivity contribution in [3.63, 3.8) is 0 Å². The third kappa shape index (κ3) is 5.90. The molecule has 1 aliphatic rings. The Morgan fingerprint density at radius 3 is 1.62 bits per heavy atom. The highest BCUT2D eigenvalue weighted by atomic mass is 16.5. The van der Waals surface area contributed by atoms with Crippen LogP contribution in [0.2, 0.25) is 0 Å². The van der Waals surface area contributed by atoms with Crippen LogP contribution in [0.25, 0.3) is 82.8 Å². The minimum Gasteiger partial charge on any atom is -0.453 e. The van der Waals surface area contributed by atoms with Gasteiger partial charge in [0.05, 0.1) is 28.1 Å². The maximum Gasteiger partial charge on any atom is 0.152 e. The summed E-state index contributed by atoms with van der Waals surface area (Å²) < 4.78 is 8.80. The Hall–Kier alpha value is -8.14. The average Bonchev–Trinajstić information content (AvgIpc) is 3.67. The average molecular weight is 779 g/mol. The first-order valence-electron chi connectivity index (χ1n) is 20.8. The number of para-hydroxylation sites is 5. The van der Waals surface area contributed by atoms with Crippen molar-refractivity contribution in [3.8, 4) is 61.7 Å². The van der Waals surface area contributed by atoms with Crippen molar-refractivity contribution >= 4 is 49.6 Å². The second-order valence-corrected chi connectivity index (χ2v) is 15.7. The molecular formula is C58H38N2O. The number of aromatic nitrogens is 1. The second kappa shape index (κ2) is 14.3. The van der Waals surface area contributed by atoms with Gasteiger partial charge < -0.3 is 14.2 Å². The maximum absolute atomic E-state index is 6.45. The molecule has 11 aromatic rings. The van der Waals surface area contributed by atoms with E-state index in [0.29, 0.717) is 0 Å². The fraction of sp³-hybridized carbons (Fsp3) is 0. The summed E-state index contributed by atoms with van der Waals surface area (Å²) in [6, 6.07) is 83.1. The first kappa shape index (κ1) is 34.9. The van der Waals surface area contributed by atoms with E-state index in [1.54, 1.807) is 0 Å². The molecule has 3 nitrogen and oxygen atoms in total. The molecule has 61 heavy (non-hydrogen) atoms. The SMILES string of the molecule is c1ccc(-c2ccc(-c3ccc(N(c4ccccc4-c4ccc5ccccc5c4)c4ccccc4-c4ccc5c(c4)c4cccc6c4n5-c4ccccc4O6)cc3)cc2)cc1. The van der Waals surface area contributed by atoms with Gasteiger partial charge in [-0.25, -0.2) is 0 Å². The van der Waals surface area contributed by atoms with Gasteiger partial charge in [-0.2, -0.15) is 0 Å². The van der Waals surface area contributed by atoms with Gasteiger partial charge >= 0.3 is 0 Å². The smallest absolute Gasteiger partial charge is 0.152 e. The first-order valence-corrected chi connectivity index (χ1v) is 20.8. The molecule has 0 saturated heterocycles. The van der Waals surface area contributed by atoms with Crippen molar-refractivity contribution < 1.29 is 4.74 Å². The summed E-state index contributed by atoms with van der Waals surface area (Å²) in [5.41, 5.74) is 16.0. The van der Waals surface area contributed by atoms with Gasteiger partial charge in [-0.15, -0.1) is 0 Å². The van der Waals surface area contributed by atoms with Crippen LogP contribution in [0, 0.1) is 0 Å². The van der Waals surface area contributed by atoms with E-state index in [1.807, 2.05) is 12.1 Å². The molecule has 1 aliphatic heterocycles. The molecule has 0 fully saturated rings. The lowest BCUT2D eigenvalue weighted by molar-refractivity contribution is 0.476. The van der Waals surface area contributed by atoms with Crippen LogP contribution in [0.4, 0.5) is 17.1 Å². The minimum atomic E-state index is 0.866. The highest BCUT2D eigenvalue weighted by molar-refractivity contribution is 6.13. The van der Waals surface area contributed by atoms with Crippen LogP contribution in [0.5, 0.6) is 11.5 Å². The highest BCUT2D eigenvalue weighted by Gasteiger charge is 2.25. The highest BCUT2D eigenvalue weighted by Crippen LogP contribution is 2.48. The summed E-state index contributed by atoms with van der Waals surface area (Å²) in [6.07, 6.45) is 0. The van der Waals surface area contributed by atoms with E-state index in [9.17, 15) is 0 Å². The van der Waals surface area contributed by atoms with Crippen molar-refractivity contribution in [2.75, 3.05) is 4.90 Å². The van der Waals surface area contributed by atoms with Crippen LogP contribution in [-0.2, 0) is 0 Å². The number of nitrogens with zero attached hydrogens (tertiary/aromatic N) is 2. The molecule has 0 amide bonds. The van der Waals surface area contributed by atoms with E-state index in [0.717, 1.165) is 62.0 Å². The van der Waals surface area contributed by atoms with E-state index in [4.69, 9.17) is 4.74 Å². The lowest BCUT2D eigenvalue weighted by atomic mass is 9.96. The summed E-state index contributed by atoms with van der Waals surface area (Å²) in [7, 11) is 0. The van der Waals surface area contributed by atoms with E-state index < -0.39 is 0 Å². The standard InChI is InChI=1S/C58H38N2O/c1-2-13-39(14-3-1)41-25-27-42(28-26-41)43-31-34-47(35-32-43)59(52-20-8-6-17-48(52)45-30-29-40-15-4-5-16-44(40)37-45)53-21-9-7-18-49(53)46-33-36-54-51(38-46)50-19-12-24-57-58(50)60(54)55-22-10-11-23-56(55)61-57/h1-38H. The molecule has 0 saturated carbocycles. The van der Waals surface area contributed by atoms with Gasteiger partial charge in [-0.3, -0.25) is 0 Å². The quantitative estimate of drug-likeness (QED) is 0.160. The van der Waals surface area contributed by atoms with Crippen LogP contribution < -0.4 is 9.64 Å². The summed E-state index contributed by atoms with van der Waals surface area (Å²) in [5, 5.41) is 4.81. The normalized spacial score (nSPS) is 11.7. The minimum absolute atomic E-state index is 0.866. The van der Waals surface area contributed by atoms with E-state index >= 15 is 0 Å². The third-order valence-corrected chi connectivity index (χ3v) is 12.2. The number of hydrogen-bond donors (Lipinski definition) is 0. The maximum atomic E-state index is 6.45. The van der Waals surface area contributed by atoms with E-state index in [1.165, 1.54) is 49.4 Å². The van der Waals surface area contributed by atoms with Crippen molar-refractivity contribution in [2.24, 2.45) is 0 Å². The fourth-order valence-corrected chi connectivity index (χ4v) is 9.26. The van der Waals surface area contributed by atoms with Gasteiger partial charge in [0, 0.05) is 27.6 Å². The molecule has 1 aromatic heterocycles. The molecule has 0 unspecified atom stereocenters. The molecule has 286 valence electrons. The van der Waals surface area contributed by atoms with Gasteiger partial charge in [0.15, 0.2) is 11.5 Å². The number of fused-ring (bicyclic) bond motifs is 6. The molecule has 12 rings (SSSR count). The molecular weight excluding hydrogens is 741 g/mol. The fourth-order valence-electron chi connectivity index (χ4n) is 9.26. The van der Waals surface area contributed by atoms with Crippen LogP contribution in [0.15, 0.2) is 231 Å². The monoisotopic (exact) mass is 778 g/mol. The zero-order chi connectivity index (χ0) is 40.3. The second-order valence-electron chi connectivity index (χ2n) is 15.7. The summed E-state index contributed by atoms with van der Waals surface area (Å²) in [6.45, 7) is 0. The third-order valence-electron chi connectivity index (χ3n) is 12.2. The van der Waals surface area contributed by atoms with Crippen molar-refractivity contribution in [2.45, 2.75) is 0 Å². The predicted octanol–water partition coefficient (Wildman–Crippen LogP) is 16.2. The Bertz CT molecular complexity index is 3440. The number of hydrogen-bond acceptors (Lipinski definition) is 2. The van der Waals surface area contributed by atoms with Crippen LogP contribution >= 0.6 is 0 Å². The van der Waals surface area contributed by atoms with Gasteiger partial charge in [-0.05, 0) is 105 Å². The molecule has 10 aromatic carbocycles. The molecule has 0 aliphatic carbocycles. The van der Waals surface area contributed by atoms with E-state index in [-0.39, 0.29) is 0 Å². The lowest BCUT2D eigenvalue weighted by Gasteiger charge is -2.30. The Morgan fingerprint density at radius 2 is 0.885 bits per heavy atom. The number of benzene rings is 10. The van der Waals surface area contributed by atoms with Crippen molar-refractivity contribution in [1.82, 2.24) is 4.57 Å². The molecule has 0 bridgehead atoms. The first-order chi connectivity index (χ1) is 30.2. The molecule has 3 heteroatoms. The van der Waals surface area contributed by atoms with Gasteiger partial charge in [0.25, 0.3) is 0 Å². The van der Waals surface area contributed by atoms with Crippen molar-refractivity contribution in [1.29, 1.82) is 0 Å². The van der Waals surface area contributed by atoms with Crippen LogP contribution in [0.1, 0.15) is 0 Å². The van der Waals surface area contributed by atoms with Crippen LogP contribution in [0.3, 0.4) is 0 Å². The van der Waals surface area contributed by atoms with Crippen LogP contribution in [-0.4, -0.2) is 4.57 Å². The largest absolute Gasteiger partial charge is 0.453 e. The lowest BCUT2D eigenvalue weighted by Crippen LogP contribution is -2.12. The Morgan fingerprint density at radius 1 is 0.344 bits per heavy atom. The Kier molecular flexibility index (Phi) is 8.17. The molecule has 0 spiro atoms. The summed E-state index contributed by atoms with van der Waals surface area (Å²) >= 11 is 0. The van der Waals surface area contributed by atoms with Crippen molar-refractivity contribution in [3.05, 3.63) is 231 Å². The van der Waals surface area contributed by atoms with Gasteiger partial charge in [0.2, 0.25) is 0 Å². The molecule has 0 radical (unpaired) electrons. The number of anilines is 3. The Balaban J connectivity index is 1.02. The van der Waals surface area contributed by atoms with Gasteiger partial charge in [-0.1, -0.05) is 170 Å². The van der Waals surface area contributed by atoms with Gasteiger partial charge in [0.1, 0.15) is 0 Å². The summed E-state index contributed by atoms with van der Waals surface area (Å²) in [5.74, 6) is 1.74. The predicted molar refractivity (Wildman–Crippen MR) is 255 cm³/mol. The number of ether oxygens (including phenoxy) is 1. The Labute approximate surface area is 354 Å². The molecule has 0 atom stereocenters. The zero-order valence-electron chi connectivity index (χ0n) is 33.2. The van der Waals surface area contributed by atoms with E-state index in [2.05, 4.69) is 228 Å². The molecule has 2 heterocycles. The molecule has 0 N–H and O–H groups in total. The summed E-state index contributed by atoms with van der Waals surface area (Å²) in [4.78, 5) is 2.44. The zero-order valence-corrected chi connectivity index (χ0v) is 33.2. The number of rotatable bonds is 7.